The summed E-state index contributed by atoms with van der Waals surface area (Å²) in [6.45, 7) is 0.377. The van der Waals surface area contributed by atoms with Crippen LogP contribution in [0.5, 0.6) is 0 Å². The molecule has 136 valence electrons. The number of hydrogen-bond acceptors (Lipinski definition) is 5. The van der Waals surface area contributed by atoms with Gasteiger partial charge in [-0.3, -0.25) is 4.57 Å². The number of nitrogens with zero attached hydrogens (tertiary/aromatic N) is 2. The topological polar surface area (TPSA) is 84.8 Å². The Morgan fingerprint density at radius 3 is 2.46 bits per heavy atom. The molecule has 0 aliphatic heterocycles. The number of hydrogen-bond donors (Lipinski definition) is 1. The summed E-state index contributed by atoms with van der Waals surface area (Å²) >= 11 is 7.02. The summed E-state index contributed by atoms with van der Waals surface area (Å²) in [7, 11) is -3.42. The van der Waals surface area contributed by atoms with E-state index in [1.165, 1.54) is 28.5 Å². The van der Waals surface area contributed by atoms with Gasteiger partial charge in [-0.15, -0.1) is 5.10 Å². The molecule has 0 saturated carbocycles. The Morgan fingerprint density at radius 2 is 1.77 bits per heavy atom. The molecule has 0 fully saturated rings. The normalized spacial score (nSPS) is 11.6. The predicted molar refractivity (Wildman–Crippen MR) is 103 cm³/mol. The highest BCUT2D eigenvalue weighted by atomic mass is 35.5. The van der Waals surface area contributed by atoms with Crippen LogP contribution in [0.3, 0.4) is 0 Å². The number of benzene rings is 2. The van der Waals surface area contributed by atoms with Gasteiger partial charge < -0.3 is 0 Å². The minimum Gasteiger partial charge on any atom is -0.266 e. The van der Waals surface area contributed by atoms with Crippen LogP contribution in [0.4, 0.5) is 0 Å². The smallest absolute Gasteiger partial charge is 0.266 e. The van der Waals surface area contributed by atoms with Crippen molar-refractivity contribution in [1.29, 1.82) is 0 Å². The molecule has 3 aromatic rings. The monoisotopic (exact) mass is 409 g/mol. The lowest BCUT2D eigenvalue weighted by Crippen LogP contribution is -2.18. The first kappa shape index (κ1) is 18.8. The van der Waals surface area contributed by atoms with E-state index >= 15 is 0 Å². The molecule has 0 spiro atoms. The summed E-state index contributed by atoms with van der Waals surface area (Å²) in [4.78, 5) is 12.2. The van der Waals surface area contributed by atoms with Gasteiger partial charge in [0.25, 0.3) is 0 Å². The second-order valence-electron chi connectivity index (χ2n) is 5.50. The SMILES string of the molecule is O=c1[nH]nc(SCCS(=O)(=O)c2ccc(Cl)cc2)n1Cc1ccccc1. The van der Waals surface area contributed by atoms with E-state index in [2.05, 4.69) is 10.2 Å². The molecule has 0 amide bonds. The Balaban J connectivity index is 1.67. The highest BCUT2D eigenvalue weighted by molar-refractivity contribution is 8.00. The van der Waals surface area contributed by atoms with Crippen molar-refractivity contribution in [1.82, 2.24) is 14.8 Å². The standard InChI is InChI=1S/C17H16ClN3O3S2/c18-14-6-8-15(9-7-14)26(23,24)11-10-25-17-20-19-16(22)21(17)12-13-4-2-1-3-5-13/h1-9H,10-12H2,(H,19,22). The molecule has 1 heterocycles. The molecule has 26 heavy (non-hydrogen) atoms. The first-order valence-corrected chi connectivity index (χ1v) is 10.8. The Bertz CT molecular complexity index is 1030. The van der Waals surface area contributed by atoms with Crippen molar-refractivity contribution < 1.29 is 8.42 Å². The third-order valence-electron chi connectivity index (χ3n) is 3.66. The van der Waals surface area contributed by atoms with E-state index in [1.54, 1.807) is 12.1 Å². The zero-order valence-electron chi connectivity index (χ0n) is 13.6. The molecule has 1 aromatic heterocycles. The van der Waals surface area contributed by atoms with Crippen LogP contribution in [-0.4, -0.2) is 34.7 Å². The van der Waals surface area contributed by atoms with Crippen LogP contribution in [0, 0.1) is 0 Å². The fraction of sp³-hybridized carbons (Fsp3) is 0.176. The fourth-order valence-corrected chi connectivity index (χ4v) is 5.04. The minimum absolute atomic E-state index is 0.0638. The van der Waals surface area contributed by atoms with Crippen molar-refractivity contribution in [2.75, 3.05) is 11.5 Å². The number of aromatic nitrogens is 3. The molecule has 3 rings (SSSR count). The summed E-state index contributed by atoms with van der Waals surface area (Å²) in [5.74, 6) is 0.218. The van der Waals surface area contributed by atoms with Gasteiger partial charge in [0.05, 0.1) is 17.2 Å². The van der Waals surface area contributed by atoms with Crippen molar-refractivity contribution in [3.63, 3.8) is 0 Å². The Labute approximate surface area is 160 Å². The van der Waals surface area contributed by atoms with Crippen molar-refractivity contribution in [3.05, 3.63) is 75.7 Å². The predicted octanol–water partition coefficient (Wildman–Crippen LogP) is 2.84. The number of aromatic amines is 1. The summed E-state index contributed by atoms with van der Waals surface area (Å²) in [6, 6.07) is 15.6. The highest BCUT2D eigenvalue weighted by Gasteiger charge is 2.16. The molecule has 0 radical (unpaired) electrons. The molecule has 0 atom stereocenters. The van der Waals surface area contributed by atoms with E-state index in [-0.39, 0.29) is 22.1 Å². The zero-order chi connectivity index (χ0) is 18.6. The first-order chi connectivity index (χ1) is 12.5. The quantitative estimate of drug-likeness (QED) is 0.606. The maximum atomic E-state index is 12.4. The van der Waals surface area contributed by atoms with Crippen LogP contribution in [0.25, 0.3) is 0 Å². The van der Waals surface area contributed by atoms with Crippen molar-refractivity contribution in [3.8, 4) is 0 Å². The number of sulfone groups is 1. The van der Waals surface area contributed by atoms with Crippen molar-refractivity contribution >= 4 is 33.2 Å². The molecule has 0 saturated heterocycles. The Morgan fingerprint density at radius 1 is 1.08 bits per heavy atom. The number of halogens is 1. The van der Waals surface area contributed by atoms with Gasteiger partial charge in [-0.25, -0.2) is 18.3 Å². The molecule has 9 heteroatoms. The van der Waals surface area contributed by atoms with Gasteiger partial charge in [0, 0.05) is 10.8 Å². The van der Waals surface area contributed by atoms with Crippen LogP contribution in [0.1, 0.15) is 5.56 Å². The maximum absolute atomic E-state index is 12.4. The highest BCUT2D eigenvalue weighted by Crippen LogP contribution is 2.19. The van der Waals surface area contributed by atoms with E-state index in [0.717, 1.165) is 5.56 Å². The number of nitrogens with one attached hydrogen (secondary N) is 1. The first-order valence-electron chi connectivity index (χ1n) is 7.76. The lowest BCUT2D eigenvalue weighted by Gasteiger charge is -2.06. The molecule has 0 aliphatic carbocycles. The van der Waals surface area contributed by atoms with Crippen LogP contribution in [0.15, 0.2) is 69.4 Å². The van der Waals surface area contributed by atoms with Gasteiger partial charge in [0.15, 0.2) is 15.0 Å². The molecule has 6 nitrogen and oxygen atoms in total. The molecule has 1 N–H and O–H groups in total. The minimum atomic E-state index is -3.42. The summed E-state index contributed by atoms with van der Waals surface area (Å²) < 4.78 is 26.2. The van der Waals surface area contributed by atoms with Crippen molar-refractivity contribution in [2.45, 2.75) is 16.6 Å². The Kier molecular flexibility index (Phi) is 5.85. The fourth-order valence-electron chi connectivity index (χ4n) is 2.32. The van der Waals surface area contributed by atoms with Crippen LogP contribution in [-0.2, 0) is 16.4 Å². The largest absolute Gasteiger partial charge is 0.344 e. The second kappa shape index (κ2) is 8.11. The lowest BCUT2D eigenvalue weighted by atomic mass is 10.2. The van der Waals surface area contributed by atoms with Gasteiger partial charge in [-0.05, 0) is 29.8 Å². The second-order valence-corrected chi connectivity index (χ2v) is 9.11. The van der Waals surface area contributed by atoms with Crippen molar-refractivity contribution in [2.24, 2.45) is 0 Å². The Hall–Kier alpha value is -2.03. The average Bonchev–Trinajstić information content (AvgIpc) is 2.96. The third kappa shape index (κ3) is 4.57. The summed E-state index contributed by atoms with van der Waals surface area (Å²) in [5.41, 5.74) is 0.642. The summed E-state index contributed by atoms with van der Waals surface area (Å²) in [5, 5.41) is 7.36. The van der Waals surface area contributed by atoms with E-state index in [1.807, 2.05) is 30.3 Å². The average molecular weight is 410 g/mol. The molecular weight excluding hydrogens is 394 g/mol. The van der Waals surface area contributed by atoms with Gasteiger partial charge in [-0.2, -0.15) is 0 Å². The van der Waals surface area contributed by atoms with Crippen LogP contribution >= 0.6 is 23.4 Å². The van der Waals surface area contributed by atoms with Gasteiger partial charge in [0.1, 0.15) is 0 Å². The van der Waals surface area contributed by atoms with Crippen LogP contribution in [0.2, 0.25) is 5.02 Å². The van der Waals surface area contributed by atoms with Gasteiger partial charge >= 0.3 is 5.69 Å². The number of thioether (sulfide) groups is 1. The van der Waals surface area contributed by atoms with E-state index in [0.29, 0.717) is 16.7 Å². The lowest BCUT2D eigenvalue weighted by molar-refractivity contribution is 0.597. The van der Waals surface area contributed by atoms with Crippen LogP contribution < -0.4 is 5.69 Å². The molecule has 0 aliphatic rings. The van der Waals surface area contributed by atoms with Gasteiger partial charge in [0.2, 0.25) is 0 Å². The summed E-state index contributed by atoms with van der Waals surface area (Å²) in [6.07, 6.45) is 0. The molecule has 0 bridgehead atoms. The molecule has 2 aromatic carbocycles. The maximum Gasteiger partial charge on any atom is 0.344 e. The number of rotatable bonds is 7. The third-order valence-corrected chi connectivity index (χ3v) is 6.88. The molecular formula is C17H16ClN3O3S2. The molecule has 0 unspecified atom stereocenters. The van der Waals surface area contributed by atoms with E-state index in [4.69, 9.17) is 11.6 Å². The zero-order valence-corrected chi connectivity index (χ0v) is 16.0. The number of H-pyrrole nitrogens is 1. The van der Waals surface area contributed by atoms with E-state index in [9.17, 15) is 13.2 Å². The van der Waals surface area contributed by atoms with Gasteiger partial charge in [-0.1, -0.05) is 53.7 Å². The van der Waals surface area contributed by atoms with E-state index < -0.39 is 9.84 Å².